The molecule has 0 saturated carbocycles. The van der Waals surface area contributed by atoms with Crippen molar-refractivity contribution >= 4 is 42.5 Å². The van der Waals surface area contributed by atoms with Gasteiger partial charge in [-0.3, -0.25) is 9.36 Å². The number of para-hydroxylation sites is 1. The highest BCUT2D eigenvalue weighted by molar-refractivity contribution is 7.89. The number of rotatable bonds is 3. The van der Waals surface area contributed by atoms with E-state index >= 15 is 0 Å². The average Bonchev–Trinajstić information content (AvgIpc) is 3.00. The van der Waals surface area contributed by atoms with Gasteiger partial charge in [-0.05, 0) is 95.1 Å². The van der Waals surface area contributed by atoms with Gasteiger partial charge in [0, 0.05) is 6.54 Å². The molecular formula is C34H32N4O3S. The maximum atomic E-state index is 12.9. The number of fused-ring (bicyclic) bond motifs is 6. The highest BCUT2D eigenvalue weighted by Gasteiger charge is 2.16. The summed E-state index contributed by atoms with van der Waals surface area (Å²) in [7, 11) is -3.91. The fourth-order valence-electron chi connectivity index (χ4n) is 5.98. The lowest BCUT2D eigenvalue weighted by molar-refractivity contribution is 0.598. The number of primary sulfonamides is 1. The fraction of sp³-hybridized carbons (Fsp3) is 0.176. The second-order valence-corrected chi connectivity index (χ2v) is 12.2. The number of nitrogens with two attached hydrogens (primary N) is 2. The van der Waals surface area contributed by atoms with Crippen LogP contribution in [0.1, 0.15) is 35.4 Å². The molecule has 0 saturated heterocycles. The zero-order chi connectivity index (χ0) is 29.4. The lowest BCUT2D eigenvalue weighted by Gasteiger charge is -2.18. The monoisotopic (exact) mass is 576 g/mol. The Morgan fingerprint density at radius 1 is 0.810 bits per heavy atom. The maximum Gasteiger partial charge on any atom is 0.266 e. The summed E-state index contributed by atoms with van der Waals surface area (Å²) in [4.78, 5) is 17.2. The smallest absolute Gasteiger partial charge is 0.266 e. The first kappa shape index (κ1) is 27.8. The van der Waals surface area contributed by atoms with E-state index in [9.17, 15) is 13.2 Å². The predicted octanol–water partition coefficient (Wildman–Crippen LogP) is 5.67. The van der Waals surface area contributed by atoms with Gasteiger partial charge in [0.2, 0.25) is 10.0 Å². The maximum absolute atomic E-state index is 12.9. The summed E-state index contributed by atoms with van der Waals surface area (Å²) in [5.74, 6) is 0.483. The highest BCUT2D eigenvalue weighted by atomic mass is 32.2. The van der Waals surface area contributed by atoms with Crippen LogP contribution in [0.4, 0.5) is 0 Å². The molecule has 0 bridgehead atoms. The van der Waals surface area contributed by atoms with Crippen molar-refractivity contribution in [3.05, 3.63) is 124 Å². The minimum Gasteiger partial charge on any atom is -0.326 e. The molecule has 7 nitrogen and oxygen atoms in total. The van der Waals surface area contributed by atoms with Crippen LogP contribution in [0.25, 0.3) is 38.1 Å². The van der Waals surface area contributed by atoms with Crippen LogP contribution < -0.4 is 16.4 Å². The van der Waals surface area contributed by atoms with E-state index in [-0.39, 0.29) is 22.4 Å². The summed E-state index contributed by atoms with van der Waals surface area (Å²) in [6, 6.07) is 29.3. The van der Waals surface area contributed by atoms with E-state index < -0.39 is 10.0 Å². The van der Waals surface area contributed by atoms with E-state index in [0.717, 1.165) is 5.56 Å². The van der Waals surface area contributed by atoms with Crippen LogP contribution in [0.15, 0.2) is 101 Å². The Hall–Kier alpha value is -4.37. The van der Waals surface area contributed by atoms with Crippen LogP contribution in [-0.4, -0.2) is 18.0 Å². The second-order valence-electron chi connectivity index (χ2n) is 10.6. The van der Waals surface area contributed by atoms with Gasteiger partial charge in [-0.1, -0.05) is 66.7 Å². The molecule has 5 aromatic carbocycles. The molecule has 0 spiro atoms. The molecule has 0 fully saturated rings. The zero-order valence-electron chi connectivity index (χ0n) is 23.4. The predicted molar refractivity (Wildman–Crippen MR) is 169 cm³/mol. The van der Waals surface area contributed by atoms with Gasteiger partial charge in [-0.2, -0.15) is 0 Å². The lowest BCUT2D eigenvalue weighted by Crippen LogP contribution is -2.24. The van der Waals surface area contributed by atoms with E-state index in [0.29, 0.717) is 17.0 Å². The van der Waals surface area contributed by atoms with Gasteiger partial charge in [0.05, 0.1) is 21.5 Å². The van der Waals surface area contributed by atoms with Crippen molar-refractivity contribution < 1.29 is 8.42 Å². The van der Waals surface area contributed by atoms with Gasteiger partial charge in [0.1, 0.15) is 5.82 Å². The molecule has 4 N–H and O–H groups in total. The van der Waals surface area contributed by atoms with Crippen LogP contribution in [0.2, 0.25) is 0 Å². The molecule has 212 valence electrons. The normalized spacial score (nSPS) is 13.1. The summed E-state index contributed by atoms with van der Waals surface area (Å²) in [6.07, 6.45) is 5.22. The van der Waals surface area contributed by atoms with E-state index in [1.807, 2.05) is 12.1 Å². The van der Waals surface area contributed by atoms with Crippen molar-refractivity contribution in [2.45, 2.75) is 44.0 Å². The topological polar surface area (TPSA) is 121 Å². The lowest BCUT2D eigenvalue weighted by atomic mass is 9.86. The molecule has 1 heterocycles. The molecule has 6 aromatic rings. The number of hydrogen-bond donors (Lipinski definition) is 2. The number of nitrogens with zero attached hydrogens (tertiary/aromatic N) is 2. The standard InChI is InChI=1S/C18H16.C16H16N4O3S/c1-3-7-15-13(5-1)9-11-18-16-8-4-2-6-14(16)10-12-17(15)18;1-10-19-14-7-6-12(24(18,22)23)8-13(14)16(21)20(10)15-5-3-2-4-11(15)9-17/h1,3,5,7,9-12H,2,4,6,8H2;2-8H,9,17H2,1H3,(H2,18,22,23). The summed E-state index contributed by atoms with van der Waals surface area (Å²) >= 11 is 0. The minimum atomic E-state index is -3.91. The van der Waals surface area contributed by atoms with Gasteiger partial charge in [0.25, 0.3) is 5.56 Å². The second kappa shape index (κ2) is 11.1. The Bertz CT molecular complexity index is 2150. The summed E-state index contributed by atoms with van der Waals surface area (Å²) in [5.41, 5.74) is 10.4. The van der Waals surface area contributed by atoms with E-state index in [1.54, 1.807) is 30.2 Å². The first-order chi connectivity index (χ1) is 20.3. The Labute approximate surface area is 244 Å². The van der Waals surface area contributed by atoms with Crippen molar-refractivity contribution in [2.75, 3.05) is 0 Å². The Kier molecular flexibility index (Phi) is 7.36. The van der Waals surface area contributed by atoms with E-state index in [2.05, 4.69) is 53.5 Å². The van der Waals surface area contributed by atoms with Crippen LogP contribution >= 0.6 is 0 Å². The van der Waals surface area contributed by atoms with Gasteiger partial charge in [0.15, 0.2) is 0 Å². The fourth-order valence-corrected chi connectivity index (χ4v) is 6.52. The first-order valence-corrected chi connectivity index (χ1v) is 15.6. The third kappa shape index (κ3) is 5.09. The van der Waals surface area contributed by atoms with E-state index in [4.69, 9.17) is 10.9 Å². The third-order valence-electron chi connectivity index (χ3n) is 8.05. The van der Waals surface area contributed by atoms with Gasteiger partial charge < -0.3 is 5.73 Å². The van der Waals surface area contributed by atoms with Crippen molar-refractivity contribution in [2.24, 2.45) is 10.9 Å². The number of aromatic nitrogens is 2. The summed E-state index contributed by atoms with van der Waals surface area (Å²) in [6.45, 7) is 1.97. The summed E-state index contributed by atoms with van der Waals surface area (Å²) in [5, 5.41) is 11.0. The Morgan fingerprint density at radius 3 is 2.36 bits per heavy atom. The van der Waals surface area contributed by atoms with Gasteiger partial charge in [-0.25, -0.2) is 18.5 Å². The molecule has 42 heavy (non-hydrogen) atoms. The average molecular weight is 577 g/mol. The van der Waals surface area contributed by atoms with Crippen molar-refractivity contribution in [3.63, 3.8) is 0 Å². The van der Waals surface area contributed by atoms with Crippen molar-refractivity contribution in [3.8, 4) is 5.69 Å². The third-order valence-corrected chi connectivity index (χ3v) is 8.96. The largest absolute Gasteiger partial charge is 0.326 e. The number of aryl methyl sites for hydroxylation is 3. The molecule has 0 atom stereocenters. The number of sulfonamides is 1. The SMILES string of the molecule is Cc1nc2ccc(S(N)(=O)=O)cc2c(=O)n1-c1ccccc1CN.c1ccc2c(c1)ccc1c3c(ccc12)CCCC3. The molecule has 1 aromatic heterocycles. The number of benzene rings is 5. The van der Waals surface area contributed by atoms with Gasteiger partial charge in [-0.15, -0.1) is 0 Å². The quantitative estimate of drug-likeness (QED) is 0.263. The molecule has 1 aliphatic carbocycles. The molecule has 0 amide bonds. The van der Waals surface area contributed by atoms with E-state index in [1.165, 1.54) is 70.0 Å². The highest BCUT2D eigenvalue weighted by Crippen LogP contribution is 2.33. The first-order valence-electron chi connectivity index (χ1n) is 14.0. The zero-order valence-corrected chi connectivity index (χ0v) is 24.2. The molecule has 0 aliphatic heterocycles. The van der Waals surface area contributed by atoms with Crippen LogP contribution in [-0.2, 0) is 29.4 Å². The molecule has 0 radical (unpaired) electrons. The molecule has 0 unspecified atom stereocenters. The Morgan fingerprint density at radius 2 is 1.55 bits per heavy atom. The van der Waals surface area contributed by atoms with Crippen molar-refractivity contribution in [1.29, 1.82) is 0 Å². The molecule has 7 rings (SSSR count). The van der Waals surface area contributed by atoms with Gasteiger partial charge >= 0.3 is 0 Å². The molecule has 1 aliphatic rings. The number of hydrogen-bond acceptors (Lipinski definition) is 5. The Balaban J connectivity index is 0.000000156. The van der Waals surface area contributed by atoms with Crippen molar-refractivity contribution in [1.82, 2.24) is 9.55 Å². The molecular weight excluding hydrogens is 544 g/mol. The molecule has 8 heteroatoms. The minimum absolute atomic E-state index is 0.128. The summed E-state index contributed by atoms with van der Waals surface area (Å²) < 4.78 is 24.5. The van der Waals surface area contributed by atoms with Crippen LogP contribution in [0, 0.1) is 6.92 Å². The van der Waals surface area contributed by atoms with Crippen LogP contribution in [0.5, 0.6) is 0 Å². The van der Waals surface area contributed by atoms with Crippen LogP contribution in [0.3, 0.4) is 0 Å².